The summed E-state index contributed by atoms with van der Waals surface area (Å²) in [6.45, 7) is 3.32. The van der Waals surface area contributed by atoms with Crippen LogP contribution in [-0.4, -0.2) is 34.9 Å². The third kappa shape index (κ3) is 3.30. The molecule has 9 nitrogen and oxygen atoms in total. The molecule has 1 amide bonds. The third-order valence-electron chi connectivity index (χ3n) is 5.49. The number of aliphatic hydroxyl groups excluding tert-OH is 1. The highest BCUT2D eigenvalue weighted by molar-refractivity contribution is 7.17. The largest absolute Gasteiger partial charge is 0.503 e. The van der Waals surface area contributed by atoms with Gasteiger partial charge in [-0.1, -0.05) is 29.5 Å². The predicted octanol–water partition coefficient (Wildman–Crippen LogP) is 4.67. The molecule has 0 unspecified atom stereocenters. The van der Waals surface area contributed by atoms with Gasteiger partial charge in [0.25, 0.3) is 5.91 Å². The Bertz CT molecular complexity index is 1470. The van der Waals surface area contributed by atoms with Crippen LogP contribution in [-0.2, 0) is 9.53 Å². The first kappa shape index (κ1) is 21.7. The minimum Gasteiger partial charge on any atom is -0.503 e. The highest BCUT2D eigenvalue weighted by Gasteiger charge is 2.48. The summed E-state index contributed by atoms with van der Waals surface area (Å²) in [5.41, 5.74) is 0.646. The van der Waals surface area contributed by atoms with Crippen LogP contribution in [0.3, 0.4) is 0 Å². The number of fused-ring (bicyclic) bond motifs is 1. The van der Waals surface area contributed by atoms with E-state index < -0.39 is 29.5 Å². The summed E-state index contributed by atoms with van der Waals surface area (Å²) in [5.74, 6) is -2.08. The fourth-order valence-corrected chi connectivity index (χ4v) is 4.91. The highest BCUT2D eigenvalue weighted by Crippen LogP contribution is 2.44. The van der Waals surface area contributed by atoms with Crippen molar-refractivity contribution < 1.29 is 33.1 Å². The summed E-state index contributed by atoms with van der Waals surface area (Å²) in [4.78, 5) is 44.6. The highest BCUT2D eigenvalue weighted by atomic mass is 32.1. The number of thiazole rings is 1. The molecule has 10 heteroatoms. The van der Waals surface area contributed by atoms with Crippen molar-refractivity contribution in [3.63, 3.8) is 0 Å². The van der Waals surface area contributed by atoms with Crippen molar-refractivity contribution in [2.75, 3.05) is 12.0 Å². The normalized spacial score (nSPS) is 16.0. The summed E-state index contributed by atoms with van der Waals surface area (Å²) in [7, 11) is 1.24. The minimum atomic E-state index is -1.11. The van der Waals surface area contributed by atoms with E-state index in [0.29, 0.717) is 22.4 Å². The van der Waals surface area contributed by atoms with Crippen molar-refractivity contribution in [2.24, 2.45) is 0 Å². The number of nitrogens with zero attached hydrogens (tertiary/aromatic N) is 2. The second-order valence-electron chi connectivity index (χ2n) is 7.67. The lowest BCUT2D eigenvalue weighted by Gasteiger charge is -2.22. The van der Waals surface area contributed by atoms with Crippen LogP contribution in [0.15, 0.2) is 62.6 Å². The average molecular weight is 478 g/mol. The van der Waals surface area contributed by atoms with E-state index in [1.807, 2.05) is 6.07 Å². The van der Waals surface area contributed by atoms with Gasteiger partial charge in [0.2, 0.25) is 5.78 Å². The lowest BCUT2D eigenvalue weighted by molar-refractivity contribution is -0.117. The van der Waals surface area contributed by atoms with Gasteiger partial charge >= 0.3 is 5.97 Å². The molecular weight excluding hydrogens is 460 g/mol. The van der Waals surface area contributed by atoms with Crippen LogP contribution in [0.25, 0.3) is 11.0 Å². The maximum absolute atomic E-state index is 13.5. The molecule has 0 bridgehead atoms. The van der Waals surface area contributed by atoms with E-state index in [1.54, 1.807) is 50.2 Å². The smallest absolute Gasteiger partial charge is 0.350 e. The van der Waals surface area contributed by atoms with E-state index in [-0.39, 0.29) is 27.1 Å². The first-order valence-corrected chi connectivity index (χ1v) is 11.0. The van der Waals surface area contributed by atoms with Crippen molar-refractivity contribution in [2.45, 2.75) is 19.9 Å². The summed E-state index contributed by atoms with van der Waals surface area (Å²) >= 11 is 0.919. The van der Waals surface area contributed by atoms with Crippen molar-refractivity contribution >= 4 is 45.1 Å². The number of anilines is 1. The zero-order valence-corrected chi connectivity index (χ0v) is 19.1. The lowest BCUT2D eigenvalue weighted by atomic mass is 10.00. The Labute approximate surface area is 196 Å². The molecule has 1 N–H and O–H groups in total. The molecule has 0 fully saturated rings. The predicted molar refractivity (Wildman–Crippen MR) is 122 cm³/mol. The molecule has 172 valence electrons. The van der Waals surface area contributed by atoms with Crippen LogP contribution in [0.5, 0.6) is 0 Å². The van der Waals surface area contributed by atoms with Gasteiger partial charge < -0.3 is 18.7 Å². The van der Waals surface area contributed by atoms with Crippen LogP contribution in [0.2, 0.25) is 0 Å². The number of aryl methyl sites for hydroxylation is 2. The Balaban J connectivity index is 1.64. The van der Waals surface area contributed by atoms with Crippen LogP contribution in [0.1, 0.15) is 43.5 Å². The number of methoxy groups -OCH3 is 1. The Morgan fingerprint density at radius 3 is 2.59 bits per heavy atom. The van der Waals surface area contributed by atoms with Gasteiger partial charge in [0.15, 0.2) is 16.7 Å². The molecule has 4 aromatic rings. The molecule has 5 rings (SSSR count). The topological polar surface area (TPSA) is 123 Å². The molecule has 1 atom stereocenters. The fourth-order valence-electron chi connectivity index (χ4n) is 3.90. The maximum atomic E-state index is 13.5. The molecule has 1 aliphatic heterocycles. The van der Waals surface area contributed by atoms with Gasteiger partial charge in [-0.15, -0.1) is 0 Å². The van der Waals surface area contributed by atoms with Gasteiger partial charge in [-0.3, -0.25) is 14.5 Å². The fraction of sp³-hybridized carbons (Fsp3) is 0.167. The number of aromatic nitrogens is 1. The molecular formula is C24H18N2O7S. The van der Waals surface area contributed by atoms with Crippen molar-refractivity contribution in [3.05, 3.63) is 81.6 Å². The van der Waals surface area contributed by atoms with E-state index >= 15 is 0 Å². The van der Waals surface area contributed by atoms with Crippen LogP contribution in [0.4, 0.5) is 5.13 Å². The number of esters is 1. The van der Waals surface area contributed by atoms with Crippen LogP contribution in [0, 0.1) is 13.8 Å². The minimum absolute atomic E-state index is 0.0313. The van der Waals surface area contributed by atoms with E-state index in [4.69, 9.17) is 13.6 Å². The lowest BCUT2D eigenvalue weighted by Crippen LogP contribution is -2.30. The Hall–Kier alpha value is -4.18. The number of carbonyl (C=O) groups excluding carboxylic acids is 3. The van der Waals surface area contributed by atoms with E-state index in [1.165, 1.54) is 7.11 Å². The first-order valence-electron chi connectivity index (χ1n) is 10.2. The Morgan fingerprint density at radius 1 is 1.15 bits per heavy atom. The zero-order valence-electron chi connectivity index (χ0n) is 18.3. The SMILES string of the molecule is COC(=O)c1sc(N2C(=O)C(O)=C(C(=O)c3cc4ccccc4o3)[C@@H]2c2ccc(C)o2)nc1C. The van der Waals surface area contributed by atoms with Crippen LogP contribution >= 0.6 is 11.3 Å². The van der Waals surface area contributed by atoms with Gasteiger partial charge in [-0.25, -0.2) is 9.78 Å². The first-order chi connectivity index (χ1) is 16.3. The monoisotopic (exact) mass is 478 g/mol. The quantitative estimate of drug-likeness (QED) is 0.324. The Morgan fingerprint density at radius 2 is 1.91 bits per heavy atom. The van der Waals surface area contributed by atoms with Crippen molar-refractivity contribution in [1.82, 2.24) is 4.98 Å². The number of para-hydroxylation sites is 1. The van der Waals surface area contributed by atoms with Crippen molar-refractivity contribution in [1.29, 1.82) is 0 Å². The number of aliphatic hydroxyl groups is 1. The number of benzene rings is 1. The molecule has 1 aromatic carbocycles. The molecule has 1 aliphatic rings. The summed E-state index contributed by atoms with van der Waals surface area (Å²) < 4.78 is 16.2. The number of amides is 1. The van der Waals surface area contributed by atoms with E-state index in [9.17, 15) is 19.5 Å². The maximum Gasteiger partial charge on any atom is 0.350 e. The Kier molecular flexibility index (Phi) is 5.09. The molecule has 4 heterocycles. The van der Waals surface area contributed by atoms with E-state index in [2.05, 4.69) is 4.98 Å². The summed E-state index contributed by atoms with van der Waals surface area (Å²) in [6.07, 6.45) is 0. The molecule has 3 aromatic heterocycles. The van der Waals surface area contributed by atoms with E-state index in [0.717, 1.165) is 16.2 Å². The van der Waals surface area contributed by atoms with Gasteiger partial charge in [-0.05, 0) is 38.1 Å². The molecule has 0 spiro atoms. The standard InChI is InChI=1S/C24H18N2O7S/c1-11-8-9-15(32-11)18-17(19(27)16-10-13-6-4-5-7-14(13)33-16)20(28)22(29)26(18)24-25-12(2)21(34-24)23(30)31-3/h4-10,18,28H,1-3H3/t18-/m0/s1. The van der Waals surface area contributed by atoms with Gasteiger partial charge in [0.05, 0.1) is 18.4 Å². The van der Waals surface area contributed by atoms with Gasteiger partial charge in [-0.2, -0.15) is 0 Å². The van der Waals surface area contributed by atoms with Gasteiger partial charge in [0.1, 0.15) is 28.0 Å². The number of carbonyl (C=O) groups is 3. The number of ether oxygens (including phenoxy) is 1. The van der Waals surface area contributed by atoms with Gasteiger partial charge in [0, 0.05) is 5.39 Å². The summed E-state index contributed by atoms with van der Waals surface area (Å²) in [5, 5.41) is 11.7. The second-order valence-corrected chi connectivity index (χ2v) is 8.65. The number of Topliss-reactive ketones (excluding diaryl/α,β-unsaturated/α-hetero) is 1. The number of hydrogen-bond acceptors (Lipinski definition) is 9. The summed E-state index contributed by atoms with van der Waals surface area (Å²) in [6, 6.07) is 10.8. The average Bonchev–Trinajstić information content (AvgIpc) is 3.58. The molecule has 0 saturated heterocycles. The molecule has 0 saturated carbocycles. The molecule has 0 aliphatic carbocycles. The molecule has 34 heavy (non-hydrogen) atoms. The number of rotatable bonds is 5. The van der Waals surface area contributed by atoms with Crippen LogP contribution < -0.4 is 4.90 Å². The molecule has 0 radical (unpaired) electrons. The number of hydrogen-bond donors (Lipinski definition) is 1. The second kappa shape index (κ2) is 7.99. The zero-order chi connectivity index (χ0) is 24.1. The van der Waals surface area contributed by atoms with Crippen molar-refractivity contribution in [3.8, 4) is 0 Å². The third-order valence-corrected chi connectivity index (χ3v) is 6.63. The number of furan rings is 2. The number of ketones is 1.